The summed E-state index contributed by atoms with van der Waals surface area (Å²) in [4.78, 5) is 14.0. The Bertz CT molecular complexity index is 865. The first-order valence-electron chi connectivity index (χ1n) is 6.10. The second-order valence-electron chi connectivity index (χ2n) is 4.42. The van der Waals surface area contributed by atoms with E-state index in [1.165, 1.54) is 12.1 Å². The molecule has 1 heterocycles. The van der Waals surface area contributed by atoms with E-state index < -0.39 is 16.6 Å². The third-order valence-corrected chi connectivity index (χ3v) is 3.18. The number of hydrogen-bond donors (Lipinski definition) is 1. The Morgan fingerprint density at radius 1 is 1.10 bits per heavy atom. The summed E-state index contributed by atoms with van der Waals surface area (Å²) in [7, 11) is 0. The van der Waals surface area contributed by atoms with Gasteiger partial charge in [-0.2, -0.15) is 4.39 Å². The zero-order valence-corrected chi connectivity index (χ0v) is 10.7. The van der Waals surface area contributed by atoms with Crippen molar-refractivity contribution in [2.75, 3.05) is 0 Å². The van der Waals surface area contributed by atoms with Gasteiger partial charge in [0.2, 0.25) is 0 Å². The molecule has 0 spiro atoms. The number of fused-ring (bicyclic) bond motifs is 1. The highest BCUT2D eigenvalue weighted by Crippen LogP contribution is 2.41. The van der Waals surface area contributed by atoms with E-state index in [1.807, 2.05) is 0 Å². The quantitative estimate of drug-likeness (QED) is 0.442. The molecule has 1 aromatic heterocycles. The van der Waals surface area contributed by atoms with Gasteiger partial charge in [-0.1, -0.05) is 36.4 Å². The largest absolute Gasteiger partial charge is 0.507 e. The zero-order valence-electron chi connectivity index (χ0n) is 10.7. The maximum absolute atomic E-state index is 14.0. The lowest BCUT2D eigenvalue weighted by Gasteiger charge is -2.09. The summed E-state index contributed by atoms with van der Waals surface area (Å²) >= 11 is 0. The van der Waals surface area contributed by atoms with E-state index in [1.54, 1.807) is 36.4 Å². The zero-order chi connectivity index (χ0) is 15.0. The van der Waals surface area contributed by atoms with Crippen LogP contribution in [0, 0.1) is 16.1 Å². The first-order valence-corrected chi connectivity index (χ1v) is 6.10. The molecule has 2 aromatic carbocycles. The lowest BCUT2D eigenvalue weighted by atomic mass is 9.98. The van der Waals surface area contributed by atoms with Crippen molar-refractivity contribution in [3.63, 3.8) is 0 Å². The van der Waals surface area contributed by atoms with Crippen molar-refractivity contribution in [2.45, 2.75) is 0 Å². The van der Waals surface area contributed by atoms with Gasteiger partial charge in [0.25, 0.3) is 5.95 Å². The average molecular weight is 284 g/mol. The molecule has 0 aliphatic carbocycles. The molecule has 0 fully saturated rings. The summed E-state index contributed by atoms with van der Waals surface area (Å²) in [6.45, 7) is 0. The first kappa shape index (κ1) is 13.0. The summed E-state index contributed by atoms with van der Waals surface area (Å²) in [5, 5.41) is 21.6. The highest BCUT2D eigenvalue weighted by Gasteiger charge is 2.27. The van der Waals surface area contributed by atoms with Gasteiger partial charge in [-0.05, 0) is 12.1 Å². The molecule has 0 bridgehead atoms. The van der Waals surface area contributed by atoms with Crippen LogP contribution in [0.2, 0.25) is 0 Å². The van der Waals surface area contributed by atoms with Crippen LogP contribution < -0.4 is 0 Å². The standard InChI is InChI=1S/C15H9FN2O3/c16-15-14(18(20)21)13(10-6-2-4-8-12(10)19)9-5-1-3-7-11(9)17-15/h1-8,19H. The second kappa shape index (κ2) is 4.82. The van der Waals surface area contributed by atoms with Crippen LogP contribution in [0.1, 0.15) is 0 Å². The van der Waals surface area contributed by atoms with Crippen molar-refractivity contribution < 1.29 is 14.4 Å². The van der Waals surface area contributed by atoms with Gasteiger partial charge in [-0.3, -0.25) is 10.1 Å². The molecular weight excluding hydrogens is 275 g/mol. The predicted molar refractivity (Wildman–Crippen MR) is 75.5 cm³/mol. The molecule has 0 aliphatic heterocycles. The Kier molecular flexibility index (Phi) is 2.98. The average Bonchev–Trinajstić information content (AvgIpc) is 2.46. The van der Waals surface area contributed by atoms with E-state index in [4.69, 9.17) is 0 Å². The summed E-state index contributed by atoms with van der Waals surface area (Å²) < 4.78 is 14.0. The maximum atomic E-state index is 14.0. The van der Waals surface area contributed by atoms with Crippen molar-refractivity contribution in [1.29, 1.82) is 0 Å². The van der Waals surface area contributed by atoms with E-state index in [0.29, 0.717) is 10.9 Å². The minimum absolute atomic E-state index is 0.0289. The monoisotopic (exact) mass is 284 g/mol. The Hall–Kier alpha value is -3.02. The predicted octanol–water partition coefficient (Wildman–Crippen LogP) is 3.65. The van der Waals surface area contributed by atoms with Crippen LogP contribution in [-0.4, -0.2) is 15.0 Å². The minimum Gasteiger partial charge on any atom is -0.507 e. The molecule has 0 aliphatic rings. The topological polar surface area (TPSA) is 76.3 Å². The van der Waals surface area contributed by atoms with Crippen molar-refractivity contribution in [3.05, 3.63) is 64.6 Å². The number of nitrogens with zero attached hydrogens (tertiary/aromatic N) is 2. The van der Waals surface area contributed by atoms with E-state index in [0.717, 1.165) is 0 Å². The molecule has 0 amide bonds. The Labute approximate surface area is 118 Å². The Morgan fingerprint density at radius 2 is 1.76 bits per heavy atom. The van der Waals surface area contributed by atoms with Crippen LogP contribution in [0.25, 0.3) is 22.0 Å². The molecule has 3 rings (SSSR count). The SMILES string of the molecule is O=[N+]([O-])c1c(F)nc2ccccc2c1-c1ccccc1O. The maximum Gasteiger partial charge on any atom is 0.332 e. The van der Waals surface area contributed by atoms with Crippen molar-refractivity contribution in [1.82, 2.24) is 4.98 Å². The minimum atomic E-state index is -1.17. The van der Waals surface area contributed by atoms with Gasteiger partial charge in [0.15, 0.2) is 0 Å². The van der Waals surface area contributed by atoms with E-state index in [9.17, 15) is 19.6 Å². The molecule has 3 aromatic rings. The van der Waals surface area contributed by atoms with Gasteiger partial charge in [-0.25, -0.2) is 4.98 Å². The summed E-state index contributed by atoms with van der Waals surface area (Å²) in [5.41, 5.74) is -0.225. The van der Waals surface area contributed by atoms with E-state index >= 15 is 0 Å². The highest BCUT2D eigenvalue weighted by molar-refractivity contribution is 6.00. The molecular formula is C15H9FN2O3. The fourth-order valence-electron chi connectivity index (χ4n) is 2.30. The summed E-state index contributed by atoms with van der Waals surface area (Å²) in [5.74, 6) is -1.33. The molecule has 0 saturated carbocycles. The van der Waals surface area contributed by atoms with E-state index in [2.05, 4.69) is 4.98 Å². The lowest BCUT2D eigenvalue weighted by Crippen LogP contribution is -2.00. The normalized spacial score (nSPS) is 10.7. The van der Waals surface area contributed by atoms with Crippen LogP contribution in [0.4, 0.5) is 10.1 Å². The number of phenols is 1. The number of aromatic nitrogens is 1. The number of phenolic OH excluding ortho intramolecular Hbond substituents is 1. The van der Waals surface area contributed by atoms with Gasteiger partial charge < -0.3 is 5.11 Å². The number of rotatable bonds is 2. The number of para-hydroxylation sites is 2. The van der Waals surface area contributed by atoms with Crippen molar-refractivity contribution in [3.8, 4) is 16.9 Å². The third kappa shape index (κ3) is 2.06. The molecule has 6 heteroatoms. The van der Waals surface area contributed by atoms with Crippen molar-refractivity contribution in [2.24, 2.45) is 0 Å². The number of halogens is 1. The molecule has 0 radical (unpaired) electrons. The van der Waals surface area contributed by atoms with E-state index in [-0.39, 0.29) is 16.9 Å². The molecule has 21 heavy (non-hydrogen) atoms. The van der Waals surface area contributed by atoms with Gasteiger partial charge in [0.1, 0.15) is 5.75 Å². The second-order valence-corrected chi connectivity index (χ2v) is 4.42. The van der Waals surface area contributed by atoms with Gasteiger partial charge >= 0.3 is 5.69 Å². The molecule has 0 atom stereocenters. The highest BCUT2D eigenvalue weighted by atomic mass is 19.1. The number of nitro groups is 1. The molecule has 1 N–H and O–H groups in total. The van der Waals surface area contributed by atoms with Crippen LogP contribution in [0.15, 0.2) is 48.5 Å². The van der Waals surface area contributed by atoms with Crippen molar-refractivity contribution >= 4 is 16.6 Å². The number of pyridine rings is 1. The molecule has 0 saturated heterocycles. The molecule has 0 unspecified atom stereocenters. The van der Waals surface area contributed by atoms with Crippen LogP contribution in [0.5, 0.6) is 5.75 Å². The summed E-state index contributed by atoms with van der Waals surface area (Å²) in [6, 6.07) is 12.6. The molecule has 5 nitrogen and oxygen atoms in total. The van der Waals surface area contributed by atoms with Crippen LogP contribution in [-0.2, 0) is 0 Å². The van der Waals surface area contributed by atoms with Crippen LogP contribution in [0.3, 0.4) is 0 Å². The van der Waals surface area contributed by atoms with Crippen LogP contribution >= 0.6 is 0 Å². The number of hydrogen-bond acceptors (Lipinski definition) is 4. The van der Waals surface area contributed by atoms with Gasteiger partial charge in [-0.15, -0.1) is 0 Å². The Morgan fingerprint density at radius 3 is 2.48 bits per heavy atom. The number of aromatic hydroxyl groups is 1. The van der Waals surface area contributed by atoms with Gasteiger partial charge in [0, 0.05) is 10.9 Å². The van der Waals surface area contributed by atoms with Gasteiger partial charge in [0.05, 0.1) is 16.0 Å². The third-order valence-electron chi connectivity index (χ3n) is 3.18. The summed E-state index contributed by atoms with van der Waals surface area (Å²) in [6.07, 6.45) is 0. The fraction of sp³-hybridized carbons (Fsp3) is 0. The number of benzene rings is 2. The fourth-order valence-corrected chi connectivity index (χ4v) is 2.30. The Balaban J connectivity index is 2.52. The molecule has 104 valence electrons. The lowest BCUT2D eigenvalue weighted by molar-refractivity contribution is -0.387. The smallest absolute Gasteiger partial charge is 0.332 e. The first-order chi connectivity index (χ1) is 10.1.